The molecule has 2 rings (SSSR count). The molecule has 1 saturated carbocycles. The zero-order chi connectivity index (χ0) is 7.68. The minimum atomic E-state index is -0.157. The molecule has 0 aromatic carbocycles. The van der Waals surface area contributed by atoms with E-state index in [1.54, 1.807) is 0 Å². The van der Waals surface area contributed by atoms with Crippen molar-refractivity contribution in [2.45, 2.75) is 38.2 Å². The molecule has 0 aromatic heterocycles. The first-order chi connectivity index (χ1) is 5.38. The molecular weight excluding hydrogens is 136 g/mol. The van der Waals surface area contributed by atoms with Crippen LogP contribution in [-0.2, 0) is 0 Å². The highest BCUT2D eigenvalue weighted by molar-refractivity contribution is 5.38. The summed E-state index contributed by atoms with van der Waals surface area (Å²) in [5.41, 5.74) is 2.64. The van der Waals surface area contributed by atoms with Gasteiger partial charge in [0.25, 0.3) is 0 Å². The van der Waals surface area contributed by atoms with Crippen LogP contribution < -0.4 is 0 Å². The quantitative estimate of drug-likeness (QED) is 0.561. The molecule has 0 radical (unpaired) electrons. The molecule has 0 aliphatic heterocycles. The first-order valence-corrected chi connectivity index (χ1v) is 4.45. The number of aliphatic hydroxyl groups is 1. The Bertz CT molecular complexity index is 213. The highest BCUT2D eigenvalue weighted by Gasteiger charge is 2.21. The monoisotopic (exact) mass is 150 g/mol. The van der Waals surface area contributed by atoms with Gasteiger partial charge in [-0.3, -0.25) is 0 Å². The molecule has 11 heavy (non-hydrogen) atoms. The maximum atomic E-state index is 9.60. The van der Waals surface area contributed by atoms with E-state index in [0.29, 0.717) is 0 Å². The highest BCUT2D eigenvalue weighted by atomic mass is 16.3. The molecule has 2 aliphatic rings. The first-order valence-electron chi connectivity index (χ1n) is 4.45. The minimum Gasteiger partial charge on any atom is -0.388 e. The first kappa shape index (κ1) is 7.11. The van der Waals surface area contributed by atoms with Crippen molar-refractivity contribution in [1.82, 2.24) is 0 Å². The Kier molecular flexibility index (Phi) is 1.82. The summed E-state index contributed by atoms with van der Waals surface area (Å²) in [5.74, 6) is 0. The molecule has 60 valence electrons. The molecule has 2 aliphatic carbocycles. The van der Waals surface area contributed by atoms with E-state index in [-0.39, 0.29) is 6.10 Å². The second-order valence-corrected chi connectivity index (χ2v) is 3.37. The Hall–Kier alpha value is -0.560. The fourth-order valence-corrected chi connectivity index (χ4v) is 1.98. The van der Waals surface area contributed by atoms with Gasteiger partial charge in [-0.15, -0.1) is 0 Å². The Labute approximate surface area is 67.4 Å². The van der Waals surface area contributed by atoms with E-state index in [4.69, 9.17) is 0 Å². The van der Waals surface area contributed by atoms with Crippen LogP contribution in [0.2, 0.25) is 0 Å². The summed E-state index contributed by atoms with van der Waals surface area (Å²) in [6.07, 6.45) is 9.93. The van der Waals surface area contributed by atoms with Crippen LogP contribution in [0.3, 0.4) is 0 Å². The van der Waals surface area contributed by atoms with Gasteiger partial charge in [-0.2, -0.15) is 0 Å². The number of aliphatic hydroxyl groups excluding tert-OH is 1. The maximum Gasteiger partial charge on any atom is 0.0789 e. The molecule has 0 amide bonds. The van der Waals surface area contributed by atoms with E-state index in [0.717, 1.165) is 19.3 Å². The summed E-state index contributed by atoms with van der Waals surface area (Å²) >= 11 is 0. The Morgan fingerprint density at radius 2 is 2.09 bits per heavy atom. The van der Waals surface area contributed by atoms with Crippen LogP contribution in [0.25, 0.3) is 0 Å². The molecule has 0 spiro atoms. The molecule has 1 fully saturated rings. The normalized spacial score (nSPS) is 30.5. The van der Waals surface area contributed by atoms with Crippen LogP contribution in [0.15, 0.2) is 23.3 Å². The van der Waals surface area contributed by atoms with Crippen LogP contribution in [0.1, 0.15) is 32.1 Å². The summed E-state index contributed by atoms with van der Waals surface area (Å²) in [7, 11) is 0. The van der Waals surface area contributed by atoms with Gasteiger partial charge in [0.2, 0.25) is 0 Å². The van der Waals surface area contributed by atoms with Gasteiger partial charge in [-0.05, 0) is 43.3 Å². The molecule has 1 N–H and O–H groups in total. The van der Waals surface area contributed by atoms with Gasteiger partial charge in [-0.1, -0.05) is 12.2 Å². The fraction of sp³-hybridized carbons (Fsp3) is 0.600. The van der Waals surface area contributed by atoms with Crippen LogP contribution in [0, 0.1) is 0 Å². The number of allylic oxidation sites excluding steroid dienone is 2. The van der Waals surface area contributed by atoms with E-state index in [1.807, 2.05) is 0 Å². The molecule has 0 bridgehead atoms. The standard InChI is InChI=1S/C10H14O/c11-10-7-3-5-8-4-1-2-6-9(8)10/h4,6,10-11H,1-3,5,7H2. The van der Waals surface area contributed by atoms with Gasteiger partial charge < -0.3 is 5.11 Å². The molecule has 1 unspecified atom stereocenters. The number of hydrogen-bond acceptors (Lipinski definition) is 1. The van der Waals surface area contributed by atoms with Crippen LogP contribution in [-0.4, -0.2) is 11.2 Å². The van der Waals surface area contributed by atoms with E-state index >= 15 is 0 Å². The lowest BCUT2D eigenvalue weighted by molar-refractivity contribution is 0.189. The topological polar surface area (TPSA) is 20.2 Å². The molecule has 1 nitrogen and oxygen atoms in total. The van der Waals surface area contributed by atoms with Gasteiger partial charge in [0.15, 0.2) is 0 Å². The largest absolute Gasteiger partial charge is 0.388 e. The van der Waals surface area contributed by atoms with Gasteiger partial charge >= 0.3 is 0 Å². The number of hydrogen-bond donors (Lipinski definition) is 1. The Balaban J connectivity index is 2.24. The van der Waals surface area contributed by atoms with Crippen molar-refractivity contribution in [2.24, 2.45) is 0 Å². The predicted molar refractivity (Wildman–Crippen MR) is 45.3 cm³/mol. The Morgan fingerprint density at radius 1 is 1.27 bits per heavy atom. The van der Waals surface area contributed by atoms with Gasteiger partial charge in [-0.25, -0.2) is 0 Å². The van der Waals surface area contributed by atoms with E-state index in [9.17, 15) is 5.11 Å². The van der Waals surface area contributed by atoms with Crippen molar-refractivity contribution in [3.05, 3.63) is 23.3 Å². The smallest absolute Gasteiger partial charge is 0.0789 e. The average molecular weight is 150 g/mol. The average Bonchev–Trinajstić information content (AvgIpc) is 2.06. The predicted octanol–water partition coefficient (Wildman–Crippen LogP) is 2.18. The lowest BCUT2D eigenvalue weighted by Crippen LogP contribution is -2.18. The summed E-state index contributed by atoms with van der Waals surface area (Å²) in [5, 5.41) is 9.60. The molecule has 0 saturated heterocycles. The third-order valence-electron chi connectivity index (χ3n) is 2.58. The van der Waals surface area contributed by atoms with E-state index < -0.39 is 0 Å². The zero-order valence-corrected chi connectivity index (χ0v) is 6.71. The van der Waals surface area contributed by atoms with Crippen molar-refractivity contribution in [3.8, 4) is 0 Å². The minimum absolute atomic E-state index is 0.157. The van der Waals surface area contributed by atoms with Crippen molar-refractivity contribution in [3.63, 3.8) is 0 Å². The second kappa shape index (κ2) is 2.82. The van der Waals surface area contributed by atoms with Gasteiger partial charge in [0.1, 0.15) is 0 Å². The summed E-state index contributed by atoms with van der Waals surface area (Å²) < 4.78 is 0. The highest BCUT2D eigenvalue weighted by Crippen LogP contribution is 2.32. The summed E-state index contributed by atoms with van der Waals surface area (Å²) in [4.78, 5) is 0. The fourth-order valence-electron chi connectivity index (χ4n) is 1.98. The van der Waals surface area contributed by atoms with Crippen molar-refractivity contribution in [2.75, 3.05) is 0 Å². The zero-order valence-electron chi connectivity index (χ0n) is 6.71. The van der Waals surface area contributed by atoms with E-state index in [1.165, 1.54) is 24.0 Å². The summed E-state index contributed by atoms with van der Waals surface area (Å²) in [6, 6.07) is 0. The van der Waals surface area contributed by atoms with Gasteiger partial charge in [0, 0.05) is 0 Å². The maximum absolute atomic E-state index is 9.60. The molecule has 0 aromatic rings. The summed E-state index contributed by atoms with van der Waals surface area (Å²) in [6.45, 7) is 0. The second-order valence-electron chi connectivity index (χ2n) is 3.37. The number of fused-ring (bicyclic) bond motifs is 1. The Morgan fingerprint density at radius 3 is 2.91 bits per heavy atom. The number of rotatable bonds is 0. The third kappa shape index (κ3) is 1.25. The van der Waals surface area contributed by atoms with Crippen molar-refractivity contribution in [1.29, 1.82) is 0 Å². The molecule has 1 atom stereocenters. The third-order valence-corrected chi connectivity index (χ3v) is 2.58. The molecular formula is C10H14O. The SMILES string of the molecule is OC1CCCC2=CCCC=C21. The van der Waals surface area contributed by atoms with Crippen LogP contribution in [0.4, 0.5) is 0 Å². The van der Waals surface area contributed by atoms with Crippen molar-refractivity contribution >= 4 is 0 Å². The van der Waals surface area contributed by atoms with E-state index in [2.05, 4.69) is 12.2 Å². The van der Waals surface area contributed by atoms with Crippen LogP contribution in [0.5, 0.6) is 0 Å². The van der Waals surface area contributed by atoms with Crippen molar-refractivity contribution < 1.29 is 5.11 Å². The molecule has 1 heteroatoms. The van der Waals surface area contributed by atoms with Crippen LogP contribution >= 0.6 is 0 Å². The lowest BCUT2D eigenvalue weighted by Gasteiger charge is -2.26. The molecule has 0 heterocycles. The van der Waals surface area contributed by atoms with Gasteiger partial charge in [0.05, 0.1) is 6.10 Å². The lowest BCUT2D eigenvalue weighted by atomic mass is 9.83.